The summed E-state index contributed by atoms with van der Waals surface area (Å²) in [5, 5.41) is 12.2. The molecule has 6 heteroatoms. The molecule has 24 heavy (non-hydrogen) atoms. The Balaban J connectivity index is 1.41. The highest BCUT2D eigenvalue weighted by molar-refractivity contribution is 5.89. The molecule has 1 amide bonds. The predicted molar refractivity (Wildman–Crippen MR) is 85.6 cm³/mol. The highest BCUT2D eigenvalue weighted by Gasteiger charge is 2.43. The van der Waals surface area contributed by atoms with Gasteiger partial charge in [0.1, 0.15) is 6.10 Å². The van der Waals surface area contributed by atoms with Crippen molar-refractivity contribution in [2.45, 2.75) is 50.7 Å². The summed E-state index contributed by atoms with van der Waals surface area (Å²) in [4.78, 5) is 28.2. The highest BCUT2D eigenvalue weighted by Crippen LogP contribution is 2.41. The van der Waals surface area contributed by atoms with Crippen LogP contribution in [0.25, 0.3) is 0 Å². The van der Waals surface area contributed by atoms with Gasteiger partial charge in [0.15, 0.2) is 0 Å². The van der Waals surface area contributed by atoms with Crippen LogP contribution in [0, 0.1) is 11.8 Å². The Bertz CT molecular complexity index is 671. The van der Waals surface area contributed by atoms with Gasteiger partial charge in [-0.25, -0.2) is 4.79 Å². The van der Waals surface area contributed by atoms with Gasteiger partial charge in [-0.15, -0.1) is 0 Å². The summed E-state index contributed by atoms with van der Waals surface area (Å²) in [6.07, 6.45) is 5.06. The number of carbonyl (C=O) groups excluding carboxylic acids is 1. The van der Waals surface area contributed by atoms with Crippen molar-refractivity contribution in [2.24, 2.45) is 11.8 Å². The summed E-state index contributed by atoms with van der Waals surface area (Å²) >= 11 is 0. The molecular weight excluding hydrogens is 308 g/mol. The second kappa shape index (κ2) is 6.16. The van der Waals surface area contributed by atoms with Crippen molar-refractivity contribution < 1.29 is 19.4 Å². The van der Waals surface area contributed by atoms with Gasteiger partial charge in [0.05, 0.1) is 30.1 Å². The van der Waals surface area contributed by atoms with Crippen LogP contribution in [-0.2, 0) is 16.1 Å². The van der Waals surface area contributed by atoms with Crippen LogP contribution >= 0.6 is 0 Å². The van der Waals surface area contributed by atoms with Crippen molar-refractivity contribution in [3.8, 4) is 0 Å². The number of rotatable bonds is 5. The third-order valence-electron chi connectivity index (χ3n) is 5.48. The van der Waals surface area contributed by atoms with Crippen LogP contribution in [-0.4, -0.2) is 34.7 Å². The number of aromatic nitrogens is 1. The maximum atomic E-state index is 12.4. The molecule has 1 saturated heterocycles. The molecule has 4 rings (SSSR count). The molecule has 6 nitrogen and oxygen atoms in total. The van der Waals surface area contributed by atoms with Crippen molar-refractivity contribution in [3.63, 3.8) is 0 Å². The number of carbonyl (C=O) groups is 2. The van der Waals surface area contributed by atoms with Gasteiger partial charge in [0.2, 0.25) is 5.91 Å². The van der Waals surface area contributed by atoms with Crippen molar-refractivity contribution >= 4 is 11.9 Å². The van der Waals surface area contributed by atoms with Crippen LogP contribution in [0.4, 0.5) is 0 Å². The molecule has 0 bridgehead atoms. The largest absolute Gasteiger partial charge is 0.478 e. The molecule has 128 valence electrons. The minimum atomic E-state index is -0.938. The van der Waals surface area contributed by atoms with Crippen LogP contribution in [0.5, 0.6) is 0 Å². The molecule has 2 heterocycles. The standard InChI is InChI=1S/C18H22N2O4/c21-17(16-13-3-1-2-11(13)9-24-16)19-8-12-6-7-14(18(22)23)15(20-12)10-4-5-10/h6-7,10-11,13,16H,1-5,8-9H2,(H,19,21)(H,22,23)/t11-,13-,16+/m0/s1. The summed E-state index contributed by atoms with van der Waals surface area (Å²) in [6.45, 7) is 1.01. The molecule has 0 spiro atoms. The topological polar surface area (TPSA) is 88.5 Å². The van der Waals surface area contributed by atoms with E-state index in [4.69, 9.17) is 4.74 Å². The van der Waals surface area contributed by atoms with Crippen LogP contribution < -0.4 is 5.32 Å². The summed E-state index contributed by atoms with van der Waals surface area (Å²) in [7, 11) is 0. The van der Waals surface area contributed by atoms with Crippen molar-refractivity contribution in [1.29, 1.82) is 0 Å². The number of hydrogen-bond donors (Lipinski definition) is 2. The zero-order valence-electron chi connectivity index (χ0n) is 13.5. The van der Waals surface area contributed by atoms with Crippen molar-refractivity contribution in [1.82, 2.24) is 10.3 Å². The number of nitrogens with one attached hydrogen (secondary N) is 1. The molecular formula is C18H22N2O4. The maximum absolute atomic E-state index is 12.4. The fraction of sp³-hybridized carbons (Fsp3) is 0.611. The minimum absolute atomic E-state index is 0.0681. The van der Waals surface area contributed by atoms with E-state index in [0.29, 0.717) is 36.4 Å². The second-order valence-corrected chi connectivity index (χ2v) is 7.14. The number of carboxylic acid groups (broad SMARTS) is 1. The van der Waals surface area contributed by atoms with E-state index in [9.17, 15) is 14.7 Å². The number of amides is 1. The average Bonchev–Trinajstić information content (AvgIpc) is 3.18. The first-order valence-electron chi connectivity index (χ1n) is 8.76. The van der Waals surface area contributed by atoms with Crippen LogP contribution in [0.3, 0.4) is 0 Å². The quantitative estimate of drug-likeness (QED) is 0.863. The molecule has 1 aromatic rings. The first-order valence-corrected chi connectivity index (χ1v) is 8.76. The first kappa shape index (κ1) is 15.6. The number of pyridine rings is 1. The predicted octanol–water partition coefficient (Wildman–Crippen LogP) is 2.09. The van der Waals surface area contributed by atoms with Crippen molar-refractivity contribution in [2.75, 3.05) is 6.61 Å². The number of nitrogens with zero attached hydrogens (tertiary/aromatic N) is 1. The Morgan fingerprint density at radius 1 is 1.25 bits per heavy atom. The SMILES string of the molecule is O=C(O)c1ccc(CNC(=O)[C@@H]2OC[C@@H]3CCC[C@@H]32)nc1C1CC1. The zero-order chi connectivity index (χ0) is 16.7. The molecule has 2 aliphatic carbocycles. The van der Waals surface area contributed by atoms with Crippen LogP contribution in [0.1, 0.15) is 59.8 Å². The van der Waals surface area contributed by atoms with Crippen LogP contribution in [0.15, 0.2) is 12.1 Å². The van der Waals surface area contributed by atoms with E-state index in [1.807, 2.05) is 0 Å². The molecule has 0 radical (unpaired) electrons. The molecule has 1 aromatic heterocycles. The smallest absolute Gasteiger partial charge is 0.337 e. The first-order chi connectivity index (χ1) is 11.6. The van der Waals surface area contributed by atoms with Crippen molar-refractivity contribution in [3.05, 3.63) is 29.1 Å². The summed E-state index contributed by atoms with van der Waals surface area (Å²) in [5.74, 6) is 0.141. The molecule has 2 saturated carbocycles. The molecule has 3 atom stereocenters. The molecule has 0 unspecified atom stereocenters. The average molecular weight is 330 g/mol. The monoisotopic (exact) mass is 330 g/mol. The Morgan fingerprint density at radius 3 is 2.83 bits per heavy atom. The third-order valence-corrected chi connectivity index (χ3v) is 5.48. The molecule has 1 aliphatic heterocycles. The Labute approximate surface area is 140 Å². The van der Waals surface area contributed by atoms with Gasteiger partial charge in [-0.2, -0.15) is 0 Å². The van der Waals surface area contributed by atoms with E-state index < -0.39 is 5.97 Å². The van der Waals surface area contributed by atoms with Gasteiger partial charge in [0, 0.05) is 5.92 Å². The van der Waals surface area contributed by atoms with E-state index in [1.165, 1.54) is 6.42 Å². The lowest BCUT2D eigenvalue weighted by atomic mass is 9.94. The lowest BCUT2D eigenvalue weighted by Gasteiger charge is -2.16. The number of fused-ring (bicyclic) bond motifs is 1. The van der Waals surface area contributed by atoms with Gasteiger partial charge in [0.25, 0.3) is 0 Å². The number of aromatic carboxylic acids is 1. The Morgan fingerprint density at radius 2 is 2.08 bits per heavy atom. The normalized spacial score (nSPS) is 28.6. The Hall–Kier alpha value is -1.95. The number of ether oxygens (including phenoxy) is 1. The molecule has 3 aliphatic rings. The van der Waals surface area contributed by atoms with Gasteiger partial charge in [-0.05, 0) is 49.7 Å². The van der Waals surface area contributed by atoms with Gasteiger partial charge in [-0.3, -0.25) is 9.78 Å². The lowest BCUT2D eigenvalue weighted by Crippen LogP contribution is -2.38. The fourth-order valence-electron chi connectivity index (χ4n) is 4.03. The van der Waals surface area contributed by atoms with Gasteiger partial charge >= 0.3 is 5.97 Å². The summed E-state index contributed by atoms with van der Waals surface area (Å²) < 4.78 is 5.68. The third kappa shape index (κ3) is 2.90. The van der Waals surface area contributed by atoms with E-state index in [1.54, 1.807) is 12.1 Å². The molecule has 0 aromatic carbocycles. The fourth-order valence-corrected chi connectivity index (χ4v) is 4.03. The van der Waals surface area contributed by atoms with E-state index in [2.05, 4.69) is 10.3 Å². The Kier molecular flexibility index (Phi) is 4.00. The van der Waals surface area contributed by atoms with E-state index in [-0.39, 0.29) is 23.5 Å². The number of hydrogen-bond acceptors (Lipinski definition) is 4. The summed E-state index contributed by atoms with van der Waals surface area (Å²) in [6, 6.07) is 3.28. The van der Waals surface area contributed by atoms with Crippen LogP contribution in [0.2, 0.25) is 0 Å². The number of carboxylic acids is 1. The zero-order valence-corrected chi connectivity index (χ0v) is 13.5. The van der Waals surface area contributed by atoms with E-state index >= 15 is 0 Å². The summed E-state index contributed by atoms with van der Waals surface area (Å²) in [5.41, 5.74) is 1.64. The molecule has 3 fully saturated rings. The van der Waals surface area contributed by atoms with Gasteiger partial charge in [-0.1, -0.05) is 6.42 Å². The van der Waals surface area contributed by atoms with Gasteiger partial charge < -0.3 is 15.2 Å². The maximum Gasteiger partial charge on any atom is 0.337 e. The second-order valence-electron chi connectivity index (χ2n) is 7.14. The van der Waals surface area contributed by atoms with E-state index in [0.717, 1.165) is 25.7 Å². The highest BCUT2D eigenvalue weighted by atomic mass is 16.5. The minimum Gasteiger partial charge on any atom is -0.478 e. The molecule has 2 N–H and O–H groups in total. The lowest BCUT2D eigenvalue weighted by molar-refractivity contribution is -0.132.